The molecule has 0 saturated carbocycles. The molecule has 7 heteroatoms. The monoisotopic (exact) mass is 331 g/mol. The number of nitrogens with zero attached hydrogens (tertiary/aromatic N) is 5. The maximum atomic E-state index is 12.5. The summed E-state index contributed by atoms with van der Waals surface area (Å²) in [5.41, 5.74) is 2.20. The summed E-state index contributed by atoms with van der Waals surface area (Å²) in [6.45, 7) is 7.47. The van der Waals surface area contributed by atoms with Gasteiger partial charge in [0.2, 0.25) is 11.8 Å². The number of rotatable bonds is 5. The molecule has 0 aromatic carbocycles. The summed E-state index contributed by atoms with van der Waals surface area (Å²) < 4.78 is 7.16. The number of aromatic nitrogens is 4. The molecule has 0 radical (unpaired) electrons. The third kappa shape index (κ3) is 3.83. The van der Waals surface area contributed by atoms with Gasteiger partial charge in [0.15, 0.2) is 5.82 Å². The number of amides is 1. The minimum atomic E-state index is 0.206. The molecule has 0 unspecified atom stereocenters. The van der Waals surface area contributed by atoms with Crippen molar-refractivity contribution in [2.24, 2.45) is 0 Å². The molecule has 1 aliphatic heterocycles. The second kappa shape index (κ2) is 7.15. The van der Waals surface area contributed by atoms with Gasteiger partial charge in [-0.3, -0.25) is 9.48 Å². The van der Waals surface area contributed by atoms with Crippen LogP contribution in [0.2, 0.25) is 0 Å². The molecule has 7 nitrogen and oxygen atoms in total. The quantitative estimate of drug-likeness (QED) is 0.840. The van der Waals surface area contributed by atoms with Crippen LogP contribution in [0.15, 0.2) is 10.6 Å². The Morgan fingerprint density at radius 2 is 2.21 bits per heavy atom. The molecule has 1 aliphatic rings. The van der Waals surface area contributed by atoms with Crippen molar-refractivity contribution in [3.63, 3.8) is 0 Å². The average molecular weight is 331 g/mol. The van der Waals surface area contributed by atoms with Crippen molar-refractivity contribution in [3.05, 3.63) is 29.2 Å². The third-order valence-corrected chi connectivity index (χ3v) is 4.49. The van der Waals surface area contributed by atoms with Gasteiger partial charge in [-0.15, -0.1) is 0 Å². The fraction of sp³-hybridized carbons (Fsp3) is 0.647. The largest absolute Gasteiger partial charge is 0.341 e. The van der Waals surface area contributed by atoms with Crippen molar-refractivity contribution in [1.82, 2.24) is 24.8 Å². The Morgan fingerprint density at radius 1 is 1.38 bits per heavy atom. The van der Waals surface area contributed by atoms with Gasteiger partial charge in [-0.25, -0.2) is 0 Å². The second-order valence-corrected chi connectivity index (χ2v) is 6.60. The lowest BCUT2D eigenvalue weighted by Crippen LogP contribution is -2.41. The van der Waals surface area contributed by atoms with E-state index < -0.39 is 0 Å². The summed E-state index contributed by atoms with van der Waals surface area (Å²) >= 11 is 0. The Hall–Kier alpha value is -2.18. The van der Waals surface area contributed by atoms with E-state index in [0.717, 1.165) is 38.0 Å². The van der Waals surface area contributed by atoms with E-state index in [4.69, 9.17) is 4.52 Å². The Balaban J connectivity index is 1.52. The first-order chi connectivity index (χ1) is 11.5. The van der Waals surface area contributed by atoms with Gasteiger partial charge >= 0.3 is 0 Å². The summed E-state index contributed by atoms with van der Waals surface area (Å²) in [6, 6.07) is 2.38. The van der Waals surface area contributed by atoms with E-state index >= 15 is 0 Å². The molecule has 130 valence electrons. The molecule has 1 amide bonds. The molecule has 0 aliphatic carbocycles. The molecule has 2 aromatic heterocycles. The maximum absolute atomic E-state index is 12.5. The van der Waals surface area contributed by atoms with Crippen molar-refractivity contribution in [1.29, 1.82) is 0 Å². The first kappa shape index (κ1) is 16.7. The Bertz CT molecular complexity index is 706. The second-order valence-electron chi connectivity index (χ2n) is 6.60. The molecule has 0 spiro atoms. The minimum Gasteiger partial charge on any atom is -0.341 e. The van der Waals surface area contributed by atoms with Crippen LogP contribution in [0.1, 0.15) is 54.8 Å². The first-order valence-corrected chi connectivity index (χ1v) is 8.62. The molecule has 1 saturated heterocycles. The van der Waals surface area contributed by atoms with Gasteiger partial charge < -0.3 is 9.42 Å². The smallest absolute Gasteiger partial charge is 0.226 e. The topological polar surface area (TPSA) is 77.0 Å². The number of likely N-dealkylation sites (tertiary alicyclic amines) is 1. The van der Waals surface area contributed by atoms with Gasteiger partial charge in [0.25, 0.3) is 0 Å². The zero-order valence-electron chi connectivity index (χ0n) is 14.7. The highest BCUT2D eigenvalue weighted by atomic mass is 16.5. The number of aryl methyl sites for hydroxylation is 4. The first-order valence-electron chi connectivity index (χ1n) is 8.62. The van der Waals surface area contributed by atoms with Crippen LogP contribution in [0.4, 0.5) is 0 Å². The van der Waals surface area contributed by atoms with Crippen LogP contribution in [0, 0.1) is 20.8 Å². The van der Waals surface area contributed by atoms with Crippen LogP contribution in [0.5, 0.6) is 0 Å². The van der Waals surface area contributed by atoms with Crippen LogP contribution < -0.4 is 0 Å². The van der Waals surface area contributed by atoms with Crippen LogP contribution in [0.25, 0.3) is 0 Å². The maximum Gasteiger partial charge on any atom is 0.226 e. The molecule has 1 fully saturated rings. The zero-order valence-corrected chi connectivity index (χ0v) is 14.7. The van der Waals surface area contributed by atoms with Crippen molar-refractivity contribution >= 4 is 5.91 Å². The molecule has 3 heterocycles. The summed E-state index contributed by atoms with van der Waals surface area (Å²) in [4.78, 5) is 18.6. The lowest BCUT2D eigenvalue weighted by Gasteiger charge is -2.33. The molecular weight excluding hydrogens is 306 g/mol. The summed E-state index contributed by atoms with van der Waals surface area (Å²) in [5, 5.41) is 8.35. The number of carbonyl (C=O) groups is 1. The minimum absolute atomic E-state index is 0.206. The van der Waals surface area contributed by atoms with Crippen LogP contribution in [-0.2, 0) is 11.2 Å². The average Bonchev–Trinajstić information content (AvgIpc) is 3.12. The van der Waals surface area contributed by atoms with E-state index in [1.807, 2.05) is 11.8 Å². The van der Waals surface area contributed by atoms with E-state index in [1.165, 1.54) is 5.69 Å². The fourth-order valence-corrected chi connectivity index (χ4v) is 3.39. The third-order valence-electron chi connectivity index (χ3n) is 4.49. The van der Waals surface area contributed by atoms with Gasteiger partial charge in [0.05, 0.1) is 11.7 Å². The van der Waals surface area contributed by atoms with Crippen molar-refractivity contribution in [2.75, 3.05) is 13.1 Å². The van der Waals surface area contributed by atoms with Gasteiger partial charge in [-0.05, 0) is 46.1 Å². The molecule has 24 heavy (non-hydrogen) atoms. The predicted molar refractivity (Wildman–Crippen MR) is 88.5 cm³/mol. The molecule has 0 bridgehead atoms. The predicted octanol–water partition coefficient (Wildman–Crippen LogP) is 2.38. The summed E-state index contributed by atoms with van der Waals surface area (Å²) in [7, 11) is 0. The van der Waals surface area contributed by atoms with Gasteiger partial charge in [-0.2, -0.15) is 10.1 Å². The lowest BCUT2D eigenvalue weighted by molar-refractivity contribution is -0.133. The normalized spacial score (nSPS) is 18.1. The molecule has 1 atom stereocenters. The summed E-state index contributed by atoms with van der Waals surface area (Å²) in [5.74, 6) is 1.46. The molecule has 2 aromatic rings. The van der Waals surface area contributed by atoms with E-state index in [-0.39, 0.29) is 11.9 Å². The van der Waals surface area contributed by atoms with Gasteiger partial charge in [-0.1, -0.05) is 5.16 Å². The highest BCUT2D eigenvalue weighted by Gasteiger charge is 2.25. The van der Waals surface area contributed by atoms with Crippen LogP contribution in [-0.4, -0.2) is 43.8 Å². The van der Waals surface area contributed by atoms with E-state index in [9.17, 15) is 4.79 Å². The van der Waals surface area contributed by atoms with E-state index in [2.05, 4.69) is 32.9 Å². The molecular formula is C17H25N5O2. The SMILES string of the molecule is Cc1cc(C)n([C@@H]2CCCN(C(=O)CCCc3nc(C)no3)C2)n1. The lowest BCUT2D eigenvalue weighted by atomic mass is 10.0. The van der Waals surface area contributed by atoms with Gasteiger partial charge in [0.1, 0.15) is 0 Å². The number of carbonyl (C=O) groups excluding carboxylic acids is 1. The Morgan fingerprint density at radius 3 is 2.88 bits per heavy atom. The van der Waals surface area contributed by atoms with Crippen molar-refractivity contribution in [3.8, 4) is 0 Å². The summed E-state index contributed by atoms with van der Waals surface area (Å²) in [6.07, 6.45) is 4.01. The highest BCUT2D eigenvalue weighted by Crippen LogP contribution is 2.23. The van der Waals surface area contributed by atoms with Crippen LogP contribution >= 0.6 is 0 Å². The van der Waals surface area contributed by atoms with Gasteiger partial charge in [0, 0.05) is 31.6 Å². The van der Waals surface area contributed by atoms with Crippen LogP contribution in [0.3, 0.4) is 0 Å². The number of hydrogen-bond acceptors (Lipinski definition) is 5. The Kier molecular flexibility index (Phi) is 4.97. The van der Waals surface area contributed by atoms with E-state index in [0.29, 0.717) is 24.6 Å². The highest BCUT2D eigenvalue weighted by molar-refractivity contribution is 5.76. The number of hydrogen-bond donors (Lipinski definition) is 0. The zero-order chi connectivity index (χ0) is 17.1. The molecule has 3 rings (SSSR count). The van der Waals surface area contributed by atoms with Crippen molar-refractivity contribution < 1.29 is 9.32 Å². The number of piperidine rings is 1. The Labute approximate surface area is 142 Å². The van der Waals surface area contributed by atoms with E-state index in [1.54, 1.807) is 6.92 Å². The standard InChI is InChI=1S/C17H25N5O2/c1-12-10-13(2)22(19-12)15-6-5-9-21(11-15)17(23)8-4-7-16-18-14(3)20-24-16/h10,15H,4-9,11H2,1-3H3/t15-/m1/s1. The van der Waals surface area contributed by atoms with Crippen molar-refractivity contribution in [2.45, 2.75) is 58.9 Å². The fourth-order valence-electron chi connectivity index (χ4n) is 3.39. The molecule has 0 N–H and O–H groups in total.